The van der Waals surface area contributed by atoms with E-state index in [1.54, 1.807) is 7.11 Å². The van der Waals surface area contributed by atoms with Crippen LogP contribution >= 0.6 is 7.75 Å². The van der Waals surface area contributed by atoms with Crippen LogP contribution in [0.2, 0.25) is 0 Å². The highest BCUT2D eigenvalue weighted by Crippen LogP contribution is 2.53. The van der Waals surface area contributed by atoms with E-state index in [1.807, 2.05) is 56.6 Å². The molecule has 200 valence electrons. The summed E-state index contributed by atoms with van der Waals surface area (Å²) in [5, 5.41) is 3.83. The van der Waals surface area contributed by atoms with E-state index in [4.69, 9.17) is 13.8 Å². The second-order valence-electron chi connectivity index (χ2n) is 9.54. The Kier molecular flexibility index (Phi) is 10.5. The summed E-state index contributed by atoms with van der Waals surface area (Å²) in [4.78, 5) is 0. The summed E-state index contributed by atoms with van der Waals surface area (Å²) in [7, 11) is -0.267. The van der Waals surface area contributed by atoms with Gasteiger partial charge in [-0.25, -0.2) is 9.24 Å². The van der Waals surface area contributed by atoms with Crippen LogP contribution in [0.5, 0.6) is 5.75 Å². The van der Waals surface area contributed by atoms with Crippen molar-refractivity contribution >= 4 is 7.75 Å². The van der Waals surface area contributed by atoms with Crippen LogP contribution in [0.4, 0.5) is 0 Å². The Bertz CT molecular complexity index is 1070. The maximum absolute atomic E-state index is 13.5. The molecule has 0 heterocycles. The SMILES string of the molecule is COc1ccc(C(NCCCOP(=O)(OC)N(C(C)C)C(C)C)(c2ccccc2)c2ccccc2)cc1. The lowest BCUT2D eigenvalue weighted by Gasteiger charge is -2.37. The van der Waals surface area contributed by atoms with Gasteiger partial charge in [0, 0.05) is 19.2 Å². The number of nitrogens with one attached hydrogen (secondary N) is 1. The number of benzene rings is 3. The Labute approximate surface area is 222 Å². The van der Waals surface area contributed by atoms with Crippen LogP contribution < -0.4 is 10.1 Å². The molecule has 0 aliphatic heterocycles. The molecule has 0 aliphatic rings. The van der Waals surface area contributed by atoms with Crippen molar-refractivity contribution in [3.63, 3.8) is 0 Å². The highest BCUT2D eigenvalue weighted by molar-refractivity contribution is 7.51. The van der Waals surface area contributed by atoms with E-state index in [0.29, 0.717) is 19.6 Å². The van der Waals surface area contributed by atoms with E-state index < -0.39 is 13.3 Å². The van der Waals surface area contributed by atoms with Gasteiger partial charge in [0.2, 0.25) is 0 Å². The number of rotatable bonds is 14. The van der Waals surface area contributed by atoms with Gasteiger partial charge in [-0.1, -0.05) is 72.8 Å². The van der Waals surface area contributed by atoms with E-state index >= 15 is 0 Å². The molecule has 1 N–H and O–H groups in total. The van der Waals surface area contributed by atoms with Crippen molar-refractivity contribution in [2.75, 3.05) is 27.4 Å². The van der Waals surface area contributed by atoms with Crippen LogP contribution in [0, 0.1) is 0 Å². The minimum atomic E-state index is -3.40. The van der Waals surface area contributed by atoms with Crippen molar-refractivity contribution < 1.29 is 18.3 Å². The summed E-state index contributed by atoms with van der Waals surface area (Å²) in [6, 6.07) is 29.1. The number of methoxy groups -OCH3 is 1. The fraction of sp³-hybridized carbons (Fsp3) is 0.400. The monoisotopic (exact) mass is 524 g/mol. The van der Waals surface area contributed by atoms with Crippen LogP contribution in [0.25, 0.3) is 0 Å². The van der Waals surface area contributed by atoms with Crippen molar-refractivity contribution in [1.82, 2.24) is 9.99 Å². The first kappa shape index (κ1) is 29.1. The van der Waals surface area contributed by atoms with Gasteiger partial charge in [-0.2, -0.15) is 0 Å². The van der Waals surface area contributed by atoms with Gasteiger partial charge < -0.3 is 4.74 Å². The van der Waals surface area contributed by atoms with Crippen LogP contribution in [0.15, 0.2) is 84.9 Å². The second kappa shape index (κ2) is 13.4. The van der Waals surface area contributed by atoms with E-state index in [0.717, 1.165) is 22.4 Å². The molecule has 0 bridgehead atoms. The molecule has 0 amide bonds. The van der Waals surface area contributed by atoms with E-state index in [2.05, 4.69) is 66.0 Å². The summed E-state index contributed by atoms with van der Waals surface area (Å²) in [5.41, 5.74) is 2.75. The zero-order chi connectivity index (χ0) is 26.9. The largest absolute Gasteiger partial charge is 0.497 e. The lowest BCUT2D eigenvalue weighted by molar-refractivity contribution is 0.147. The molecule has 0 aliphatic carbocycles. The smallest absolute Gasteiger partial charge is 0.408 e. The molecule has 0 aromatic heterocycles. The molecule has 1 atom stereocenters. The van der Waals surface area contributed by atoms with Crippen LogP contribution in [-0.4, -0.2) is 44.1 Å². The molecule has 7 heteroatoms. The molecular formula is C30H41N2O4P. The Morgan fingerprint density at radius 3 is 1.70 bits per heavy atom. The average Bonchev–Trinajstić information content (AvgIpc) is 2.91. The van der Waals surface area contributed by atoms with Crippen molar-refractivity contribution in [3.8, 4) is 5.75 Å². The summed E-state index contributed by atoms with van der Waals surface area (Å²) in [6.07, 6.45) is 0.648. The van der Waals surface area contributed by atoms with Gasteiger partial charge in [0.15, 0.2) is 0 Å². The summed E-state index contributed by atoms with van der Waals surface area (Å²) < 4.78 is 32.1. The number of hydrogen-bond acceptors (Lipinski definition) is 5. The molecule has 0 saturated carbocycles. The van der Waals surface area contributed by atoms with Gasteiger partial charge in [-0.15, -0.1) is 0 Å². The normalized spacial score (nSPS) is 13.8. The lowest BCUT2D eigenvalue weighted by Crippen LogP contribution is -2.45. The molecule has 1 unspecified atom stereocenters. The first-order chi connectivity index (χ1) is 17.8. The maximum atomic E-state index is 13.5. The summed E-state index contributed by atoms with van der Waals surface area (Å²) in [5.74, 6) is 0.808. The minimum absolute atomic E-state index is 0.0304. The Morgan fingerprint density at radius 1 is 0.784 bits per heavy atom. The van der Waals surface area contributed by atoms with Crippen molar-refractivity contribution in [2.45, 2.75) is 51.7 Å². The van der Waals surface area contributed by atoms with Gasteiger partial charge in [0.1, 0.15) is 5.75 Å². The quantitative estimate of drug-likeness (QED) is 0.141. The van der Waals surface area contributed by atoms with Gasteiger partial charge in [0.25, 0.3) is 0 Å². The third-order valence-electron chi connectivity index (χ3n) is 6.47. The Balaban J connectivity index is 1.89. The van der Waals surface area contributed by atoms with Gasteiger partial charge in [0.05, 0.1) is 19.3 Å². The number of nitrogens with zero attached hydrogens (tertiary/aromatic N) is 1. The first-order valence-electron chi connectivity index (χ1n) is 12.9. The molecule has 37 heavy (non-hydrogen) atoms. The third-order valence-corrected chi connectivity index (χ3v) is 8.93. The lowest BCUT2D eigenvalue weighted by atomic mass is 9.77. The Hall–Kier alpha value is -2.47. The number of hydrogen-bond donors (Lipinski definition) is 1. The minimum Gasteiger partial charge on any atom is -0.497 e. The molecule has 0 radical (unpaired) electrons. The maximum Gasteiger partial charge on any atom is 0.408 e. The van der Waals surface area contributed by atoms with E-state index in [-0.39, 0.29) is 12.1 Å². The van der Waals surface area contributed by atoms with Crippen LogP contribution in [0.3, 0.4) is 0 Å². The van der Waals surface area contributed by atoms with Gasteiger partial charge in [-0.05, 0) is 69.5 Å². The van der Waals surface area contributed by atoms with Crippen LogP contribution in [-0.2, 0) is 19.2 Å². The average molecular weight is 525 g/mol. The molecule has 6 nitrogen and oxygen atoms in total. The second-order valence-corrected chi connectivity index (χ2v) is 11.6. The zero-order valence-corrected chi connectivity index (χ0v) is 23.8. The molecule has 3 aromatic carbocycles. The van der Waals surface area contributed by atoms with Crippen molar-refractivity contribution in [1.29, 1.82) is 0 Å². The summed E-state index contributed by atoms with van der Waals surface area (Å²) >= 11 is 0. The van der Waals surface area contributed by atoms with Gasteiger partial charge >= 0.3 is 7.75 Å². The summed E-state index contributed by atoms with van der Waals surface area (Å²) in [6.45, 7) is 8.93. The fourth-order valence-corrected chi connectivity index (χ4v) is 6.85. The molecule has 3 rings (SSSR count). The predicted molar refractivity (Wildman–Crippen MR) is 151 cm³/mol. The van der Waals surface area contributed by atoms with Gasteiger partial charge in [-0.3, -0.25) is 14.4 Å². The predicted octanol–water partition coefficient (Wildman–Crippen LogP) is 6.86. The van der Waals surface area contributed by atoms with E-state index in [1.165, 1.54) is 7.11 Å². The number of ether oxygens (including phenoxy) is 1. The molecule has 0 saturated heterocycles. The molecule has 3 aromatic rings. The molecule has 0 fully saturated rings. The van der Waals surface area contributed by atoms with Crippen molar-refractivity contribution in [2.24, 2.45) is 0 Å². The van der Waals surface area contributed by atoms with Crippen LogP contribution in [0.1, 0.15) is 50.8 Å². The standard InChI is InChI=1S/C30H41N2O4P/c1-24(2)32(25(3)4)37(33,35-6)36-23-13-22-31-30(26-14-9-7-10-15-26,27-16-11-8-12-17-27)28-18-20-29(34-5)21-19-28/h7-12,14-21,24-25,31H,13,22-23H2,1-6H3. The molecular weight excluding hydrogens is 483 g/mol. The first-order valence-corrected chi connectivity index (χ1v) is 14.4. The fourth-order valence-electron chi connectivity index (χ4n) is 4.93. The topological polar surface area (TPSA) is 60.0 Å². The van der Waals surface area contributed by atoms with Crippen molar-refractivity contribution in [3.05, 3.63) is 102 Å². The highest BCUT2D eigenvalue weighted by Gasteiger charge is 2.38. The Morgan fingerprint density at radius 2 is 1.27 bits per heavy atom. The van der Waals surface area contributed by atoms with E-state index in [9.17, 15) is 4.57 Å². The third kappa shape index (κ3) is 6.70. The highest BCUT2D eigenvalue weighted by atomic mass is 31.2. The molecule has 0 spiro atoms. The zero-order valence-electron chi connectivity index (χ0n) is 22.9.